The van der Waals surface area contributed by atoms with E-state index >= 15 is 0 Å². The van der Waals surface area contributed by atoms with Crippen molar-refractivity contribution >= 4 is 5.91 Å². The predicted octanol–water partition coefficient (Wildman–Crippen LogP) is 2.37. The van der Waals surface area contributed by atoms with Crippen LogP contribution in [-0.2, 0) is 4.79 Å². The highest BCUT2D eigenvalue weighted by Gasteiger charge is 2.36. The molecule has 2 rings (SSSR count). The number of ether oxygens (including phenoxy) is 1. The van der Waals surface area contributed by atoms with Gasteiger partial charge in [0.25, 0.3) is 0 Å². The van der Waals surface area contributed by atoms with Crippen LogP contribution in [0.3, 0.4) is 0 Å². The summed E-state index contributed by atoms with van der Waals surface area (Å²) in [7, 11) is 0. The van der Waals surface area contributed by atoms with Crippen molar-refractivity contribution in [2.24, 2.45) is 5.73 Å². The summed E-state index contributed by atoms with van der Waals surface area (Å²) in [5.41, 5.74) is 4.84. The fraction of sp³-hybridized carbons (Fsp3) is 0.562. The summed E-state index contributed by atoms with van der Waals surface area (Å²) in [5, 5.41) is 3.31. The van der Waals surface area contributed by atoms with E-state index in [0.717, 1.165) is 25.7 Å². The van der Waals surface area contributed by atoms with Gasteiger partial charge in [-0.1, -0.05) is 12.1 Å². The number of hydrogen-bond donors (Lipinski definition) is 2. The number of amides is 1. The number of halogens is 1. The Morgan fingerprint density at radius 2 is 2.14 bits per heavy atom. The van der Waals surface area contributed by atoms with Crippen molar-refractivity contribution in [2.45, 2.75) is 50.6 Å². The first-order valence-corrected chi connectivity index (χ1v) is 7.46. The van der Waals surface area contributed by atoms with Crippen LogP contribution < -0.4 is 15.8 Å². The molecule has 116 valence electrons. The number of rotatable bonds is 9. The van der Waals surface area contributed by atoms with Crippen LogP contribution in [-0.4, -0.2) is 24.1 Å². The fourth-order valence-electron chi connectivity index (χ4n) is 2.27. The molecule has 1 amide bonds. The van der Waals surface area contributed by atoms with Gasteiger partial charge < -0.3 is 15.8 Å². The van der Waals surface area contributed by atoms with Crippen LogP contribution in [0.2, 0.25) is 0 Å². The van der Waals surface area contributed by atoms with Crippen LogP contribution >= 0.6 is 0 Å². The number of carbonyl (C=O) groups is 1. The molecule has 1 fully saturated rings. The van der Waals surface area contributed by atoms with E-state index in [9.17, 15) is 9.18 Å². The lowest BCUT2D eigenvalue weighted by Gasteiger charge is -2.27. The SMILES string of the molecule is CC(CCCCOc1ccccc1F)(NC1CC1)C(N)=O. The average molecular weight is 294 g/mol. The molecular weight excluding hydrogens is 271 g/mol. The van der Waals surface area contributed by atoms with Crippen molar-refractivity contribution < 1.29 is 13.9 Å². The van der Waals surface area contributed by atoms with Gasteiger partial charge in [0, 0.05) is 6.04 Å². The third-order valence-electron chi connectivity index (χ3n) is 3.81. The first kappa shape index (κ1) is 15.8. The van der Waals surface area contributed by atoms with Gasteiger partial charge in [0.15, 0.2) is 11.6 Å². The topological polar surface area (TPSA) is 64.3 Å². The Morgan fingerprint density at radius 3 is 2.76 bits per heavy atom. The van der Waals surface area contributed by atoms with Crippen molar-refractivity contribution in [1.29, 1.82) is 0 Å². The minimum absolute atomic E-state index is 0.270. The van der Waals surface area contributed by atoms with E-state index in [1.54, 1.807) is 18.2 Å². The minimum atomic E-state index is -0.654. The molecule has 0 saturated heterocycles. The molecule has 5 heteroatoms. The molecule has 21 heavy (non-hydrogen) atoms. The highest BCUT2D eigenvalue weighted by molar-refractivity contribution is 5.84. The first-order valence-electron chi connectivity index (χ1n) is 7.46. The van der Waals surface area contributed by atoms with E-state index in [-0.39, 0.29) is 17.5 Å². The zero-order valence-electron chi connectivity index (χ0n) is 12.4. The number of nitrogens with two attached hydrogens (primary N) is 1. The summed E-state index contributed by atoms with van der Waals surface area (Å²) in [6.07, 6.45) is 4.44. The summed E-state index contributed by atoms with van der Waals surface area (Å²) >= 11 is 0. The van der Waals surface area contributed by atoms with Crippen molar-refractivity contribution in [3.63, 3.8) is 0 Å². The highest BCUT2D eigenvalue weighted by atomic mass is 19.1. The number of hydrogen-bond acceptors (Lipinski definition) is 3. The van der Waals surface area contributed by atoms with Crippen molar-refractivity contribution in [3.05, 3.63) is 30.1 Å². The van der Waals surface area contributed by atoms with Gasteiger partial charge in [-0.2, -0.15) is 0 Å². The molecule has 1 atom stereocenters. The zero-order chi connectivity index (χ0) is 15.3. The molecule has 0 radical (unpaired) electrons. The van der Waals surface area contributed by atoms with E-state index in [1.807, 2.05) is 6.92 Å². The Balaban J connectivity index is 1.70. The zero-order valence-corrected chi connectivity index (χ0v) is 12.4. The lowest BCUT2D eigenvalue weighted by molar-refractivity contribution is -0.124. The monoisotopic (exact) mass is 294 g/mol. The molecule has 1 saturated carbocycles. The van der Waals surface area contributed by atoms with Crippen LogP contribution in [0.15, 0.2) is 24.3 Å². The second-order valence-corrected chi connectivity index (χ2v) is 5.85. The number of para-hydroxylation sites is 1. The number of carbonyl (C=O) groups excluding carboxylic acids is 1. The molecule has 1 aliphatic carbocycles. The molecule has 4 nitrogen and oxygen atoms in total. The Kier molecular flexibility index (Phi) is 5.17. The maximum absolute atomic E-state index is 13.3. The quantitative estimate of drug-likeness (QED) is 0.687. The second-order valence-electron chi connectivity index (χ2n) is 5.85. The summed E-state index contributed by atoms with van der Waals surface area (Å²) < 4.78 is 18.7. The third kappa shape index (κ3) is 4.70. The fourth-order valence-corrected chi connectivity index (χ4v) is 2.27. The van der Waals surface area contributed by atoms with Crippen LogP contribution in [0.1, 0.15) is 39.0 Å². The molecule has 1 aliphatic rings. The van der Waals surface area contributed by atoms with Gasteiger partial charge in [-0.15, -0.1) is 0 Å². The predicted molar refractivity (Wildman–Crippen MR) is 79.5 cm³/mol. The molecular formula is C16H23FN2O2. The van der Waals surface area contributed by atoms with E-state index in [2.05, 4.69) is 5.32 Å². The number of nitrogens with one attached hydrogen (secondary N) is 1. The summed E-state index contributed by atoms with van der Waals surface area (Å²) in [4.78, 5) is 11.6. The maximum atomic E-state index is 13.3. The van der Waals surface area contributed by atoms with Gasteiger partial charge in [-0.05, 0) is 51.2 Å². The van der Waals surface area contributed by atoms with E-state index in [0.29, 0.717) is 19.1 Å². The second kappa shape index (κ2) is 6.89. The molecule has 0 heterocycles. The molecule has 3 N–H and O–H groups in total. The first-order chi connectivity index (χ1) is 10.0. The van der Waals surface area contributed by atoms with Crippen LogP contribution in [0.25, 0.3) is 0 Å². The third-order valence-corrected chi connectivity index (χ3v) is 3.81. The number of benzene rings is 1. The van der Waals surface area contributed by atoms with E-state index < -0.39 is 5.54 Å². The van der Waals surface area contributed by atoms with Gasteiger partial charge in [0.1, 0.15) is 0 Å². The van der Waals surface area contributed by atoms with Crippen LogP contribution in [0.5, 0.6) is 5.75 Å². The summed E-state index contributed by atoms with van der Waals surface area (Å²) in [5.74, 6) is -0.398. The molecule has 0 aliphatic heterocycles. The molecule has 1 aromatic rings. The lowest BCUT2D eigenvalue weighted by atomic mass is 9.94. The lowest BCUT2D eigenvalue weighted by Crippen LogP contribution is -2.53. The maximum Gasteiger partial charge on any atom is 0.237 e. The van der Waals surface area contributed by atoms with E-state index in [1.165, 1.54) is 6.07 Å². The van der Waals surface area contributed by atoms with Gasteiger partial charge in [-0.3, -0.25) is 4.79 Å². The van der Waals surface area contributed by atoms with Crippen LogP contribution in [0, 0.1) is 5.82 Å². The average Bonchev–Trinajstić information content (AvgIpc) is 3.24. The Labute approximate surface area is 124 Å². The molecule has 1 aromatic carbocycles. The number of primary amides is 1. The molecule has 0 spiro atoms. The Hall–Kier alpha value is -1.62. The normalized spacial score (nSPS) is 17.2. The Morgan fingerprint density at radius 1 is 1.43 bits per heavy atom. The largest absolute Gasteiger partial charge is 0.491 e. The van der Waals surface area contributed by atoms with Crippen LogP contribution in [0.4, 0.5) is 4.39 Å². The molecule has 0 aromatic heterocycles. The van der Waals surface area contributed by atoms with Crippen molar-refractivity contribution in [3.8, 4) is 5.75 Å². The smallest absolute Gasteiger partial charge is 0.237 e. The minimum Gasteiger partial charge on any atom is -0.491 e. The molecule has 1 unspecified atom stereocenters. The van der Waals surface area contributed by atoms with Gasteiger partial charge in [-0.25, -0.2) is 4.39 Å². The van der Waals surface area contributed by atoms with Crippen molar-refractivity contribution in [2.75, 3.05) is 6.61 Å². The molecule has 0 bridgehead atoms. The van der Waals surface area contributed by atoms with Gasteiger partial charge in [0.2, 0.25) is 5.91 Å². The van der Waals surface area contributed by atoms with Gasteiger partial charge in [0.05, 0.1) is 12.1 Å². The van der Waals surface area contributed by atoms with E-state index in [4.69, 9.17) is 10.5 Å². The van der Waals surface area contributed by atoms with Crippen molar-refractivity contribution in [1.82, 2.24) is 5.32 Å². The Bertz CT molecular complexity index is 491. The summed E-state index contributed by atoms with van der Waals surface area (Å²) in [6, 6.07) is 6.78. The number of unbranched alkanes of at least 4 members (excludes halogenated alkanes) is 1. The summed E-state index contributed by atoms with van der Waals surface area (Å²) in [6.45, 7) is 2.28. The van der Waals surface area contributed by atoms with Gasteiger partial charge >= 0.3 is 0 Å². The standard InChI is InChI=1S/C16H23FN2O2/c1-16(15(18)20,19-12-8-9-12)10-4-5-11-21-14-7-3-2-6-13(14)17/h2-3,6-7,12,19H,4-5,8-11H2,1H3,(H2,18,20). The highest BCUT2D eigenvalue weighted by Crippen LogP contribution is 2.25.